The van der Waals surface area contributed by atoms with Crippen molar-refractivity contribution in [2.24, 2.45) is 0 Å². The van der Waals surface area contributed by atoms with Crippen LogP contribution in [0, 0.1) is 0 Å². The van der Waals surface area contributed by atoms with E-state index in [1.807, 2.05) is 6.92 Å². The lowest BCUT2D eigenvalue weighted by Crippen LogP contribution is -2.38. The van der Waals surface area contributed by atoms with Crippen molar-refractivity contribution in [1.29, 1.82) is 0 Å². The van der Waals surface area contributed by atoms with Crippen LogP contribution in [0.5, 0.6) is 5.75 Å². The maximum Gasteiger partial charge on any atom is 0.319 e. The second kappa shape index (κ2) is 8.24. The number of ether oxygens (including phenoxy) is 3. The van der Waals surface area contributed by atoms with Crippen molar-refractivity contribution in [3.05, 3.63) is 18.2 Å². The maximum atomic E-state index is 12.5. The van der Waals surface area contributed by atoms with Gasteiger partial charge in [0.1, 0.15) is 5.75 Å². The van der Waals surface area contributed by atoms with Crippen molar-refractivity contribution >= 4 is 21.7 Å². The van der Waals surface area contributed by atoms with Crippen molar-refractivity contribution in [2.45, 2.75) is 42.9 Å². The van der Waals surface area contributed by atoms with E-state index in [1.54, 1.807) is 6.07 Å². The Morgan fingerprint density at radius 2 is 2.04 bits per heavy atom. The van der Waals surface area contributed by atoms with Gasteiger partial charge in [-0.3, -0.25) is 0 Å². The minimum Gasteiger partial charge on any atom is -0.492 e. The van der Waals surface area contributed by atoms with E-state index in [1.165, 1.54) is 26.2 Å². The van der Waals surface area contributed by atoms with Crippen LogP contribution >= 0.6 is 0 Å². The third-order valence-electron chi connectivity index (χ3n) is 4.86. The lowest BCUT2D eigenvalue weighted by atomic mass is 10.2. The Balaban J connectivity index is 1.71. The number of sulfonamides is 1. The van der Waals surface area contributed by atoms with Gasteiger partial charge in [-0.2, -0.15) is 0 Å². The molecule has 1 aromatic carbocycles. The first kappa shape index (κ1) is 20.8. The van der Waals surface area contributed by atoms with E-state index in [0.29, 0.717) is 37.7 Å². The first-order valence-electron chi connectivity index (χ1n) is 9.30. The molecule has 2 aliphatic rings. The van der Waals surface area contributed by atoms with Crippen LogP contribution < -0.4 is 15.4 Å². The molecule has 0 unspecified atom stereocenters. The van der Waals surface area contributed by atoms with Gasteiger partial charge >= 0.3 is 6.03 Å². The van der Waals surface area contributed by atoms with Crippen molar-refractivity contribution in [1.82, 2.24) is 9.62 Å². The Morgan fingerprint density at radius 1 is 1.32 bits per heavy atom. The highest BCUT2D eigenvalue weighted by Gasteiger charge is 2.44. The minimum absolute atomic E-state index is 0.0730. The van der Waals surface area contributed by atoms with Crippen LogP contribution in [0.2, 0.25) is 0 Å². The van der Waals surface area contributed by atoms with Gasteiger partial charge in [0.25, 0.3) is 0 Å². The van der Waals surface area contributed by atoms with Gasteiger partial charge in [0.15, 0.2) is 5.79 Å². The van der Waals surface area contributed by atoms with Crippen LogP contribution in [0.1, 0.15) is 26.2 Å². The van der Waals surface area contributed by atoms with Crippen molar-refractivity contribution in [3.63, 3.8) is 0 Å². The molecular weight excluding hydrogens is 386 g/mol. The lowest BCUT2D eigenvalue weighted by Gasteiger charge is -2.22. The molecule has 0 radical (unpaired) electrons. The summed E-state index contributed by atoms with van der Waals surface area (Å²) in [6.45, 7) is 3.34. The molecule has 2 N–H and O–H groups in total. The molecule has 1 aliphatic heterocycles. The van der Waals surface area contributed by atoms with Gasteiger partial charge in [0.2, 0.25) is 10.0 Å². The number of amides is 2. The molecule has 0 aromatic heterocycles. The summed E-state index contributed by atoms with van der Waals surface area (Å²) in [5.41, 5.74) is 0.295. The molecule has 28 heavy (non-hydrogen) atoms. The molecule has 0 bridgehead atoms. The molecule has 1 saturated carbocycles. The smallest absolute Gasteiger partial charge is 0.319 e. The number of nitrogens with one attached hydrogen (secondary N) is 2. The minimum atomic E-state index is -3.63. The van der Waals surface area contributed by atoms with Gasteiger partial charge in [-0.15, -0.1) is 0 Å². The molecule has 1 atom stereocenters. The topological polar surface area (TPSA) is 106 Å². The lowest BCUT2D eigenvalue weighted by molar-refractivity contribution is -0.151. The van der Waals surface area contributed by atoms with Crippen LogP contribution in [0.25, 0.3) is 0 Å². The molecule has 9 nitrogen and oxygen atoms in total. The molecule has 1 saturated heterocycles. The third-order valence-corrected chi connectivity index (χ3v) is 6.67. The van der Waals surface area contributed by atoms with Crippen LogP contribution in [-0.4, -0.2) is 64.5 Å². The van der Waals surface area contributed by atoms with Gasteiger partial charge in [-0.05, 0) is 31.5 Å². The van der Waals surface area contributed by atoms with Gasteiger partial charge < -0.3 is 24.8 Å². The third kappa shape index (κ3) is 4.40. The average Bonchev–Trinajstić information content (AvgIpc) is 3.26. The highest BCUT2D eigenvalue weighted by Crippen LogP contribution is 2.37. The fourth-order valence-electron chi connectivity index (χ4n) is 3.46. The molecular formula is C18H27N3O6S. The van der Waals surface area contributed by atoms with E-state index in [9.17, 15) is 13.2 Å². The molecule has 1 aromatic rings. The SMILES string of the molecule is CCOc1ccc(S(=O)(=O)N(C)C)cc1NC(=O)N[C@@H]1CCC2(C1)OCCO2. The first-order valence-corrected chi connectivity index (χ1v) is 10.7. The normalized spacial score (nSPS) is 21.2. The van der Waals surface area contributed by atoms with Crippen molar-refractivity contribution in [2.75, 3.05) is 39.2 Å². The number of rotatable bonds is 6. The molecule has 3 rings (SSSR count). The van der Waals surface area contributed by atoms with Crippen molar-refractivity contribution < 1.29 is 27.4 Å². The molecule has 1 spiro atoms. The number of hydrogen-bond acceptors (Lipinski definition) is 6. The summed E-state index contributed by atoms with van der Waals surface area (Å²) in [6, 6.07) is 3.89. The van der Waals surface area contributed by atoms with Gasteiger partial charge in [-0.25, -0.2) is 17.5 Å². The zero-order valence-electron chi connectivity index (χ0n) is 16.4. The summed E-state index contributed by atoms with van der Waals surface area (Å²) in [7, 11) is -0.725. The fourth-order valence-corrected chi connectivity index (χ4v) is 4.39. The largest absolute Gasteiger partial charge is 0.492 e. The zero-order valence-corrected chi connectivity index (χ0v) is 17.2. The molecule has 2 amide bonds. The number of urea groups is 1. The average molecular weight is 413 g/mol. The van der Waals surface area contributed by atoms with E-state index in [0.717, 1.165) is 17.1 Å². The Morgan fingerprint density at radius 3 is 2.68 bits per heavy atom. The number of nitrogens with zero attached hydrogens (tertiary/aromatic N) is 1. The van der Waals surface area contributed by atoms with Gasteiger partial charge in [0.05, 0.1) is 30.4 Å². The van der Waals surface area contributed by atoms with E-state index in [4.69, 9.17) is 14.2 Å². The Kier molecular flexibility index (Phi) is 6.13. The Hall–Kier alpha value is -1.88. The fraction of sp³-hybridized carbons (Fsp3) is 0.611. The van der Waals surface area contributed by atoms with Crippen molar-refractivity contribution in [3.8, 4) is 5.75 Å². The summed E-state index contributed by atoms with van der Waals surface area (Å²) < 4.78 is 42.8. The number of anilines is 1. The zero-order chi connectivity index (χ0) is 20.4. The summed E-state index contributed by atoms with van der Waals surface area (Å²) >= 11 is 0. The quantitative estimate of drug-likeness (QED) is 0.736. The molecule has 2 fully saturated rings. The van der Waals surface area contributed by atoms with Crippen LogP contribution in [0.4, 0.5) is 10.5 Å². The Bertz CT molecular complexity index is 821. The Labute approximate surface area is 165 Å². The van der Waals surface area contributed by atoms with Gasteiger partial charge in [-0.1, -0.05) is 0 Å². The first-order chi connectivity index (χ1) is 13.3. The number of benzene rings is 1. The van der Waals surface area contributed by atoms with E-state index < -0.39 is 21.8 Å². The highest BCUT2D eigenvalue weighted by molar-refractivity contribution is 7.89. The second-order valence-electron chi connectivity index (χ2n) is 7.02. The van der Waals surface area contributed by atoms with Crippen LogP contribution in [0.3, 0.4) is 0 Å². The van der Waals surface area contributed by atoms with Crippen LogP contribution in [0.15, 0.2) is 23.1 Å². The van der Waals surface area contributed by atoms with E-state index >= 15 is 0 Å². The maximum absolute atomic E-state index is 12.5. The monoisotopic (exact) mass is 413 g/mol. The van der Waals surface area contributed by atoms with E-state index in [2.05, 4.69) is 10.6 Å². The molecule has 1 heterocycles. The van der Waals surface area contributed by atoms with Gasteiger partial charge in [0, 0.05) is 33.0 Å². The summed E-state index contributed by atoms with van der Waals surface area (Å²) in [5.74, 6) is -0.172. The molecule has 1 aliphatic carbocycles. The number of hydrogen-bond donors (Lipinski definition) is 2. The molecule has 10 heteroatoms. The predicted molar refractivity (Wildman–Crippen MR) is 103 cm³/mol. The predicted octanol–water partition coefficient (Wildman–Crippen LogP) is 1.75. The summed E-state index contributed by atoms with van der Waals surface area (Å²) in [5, 5.41) is 5.62. The second-order valence-corrected chi connectivity index (χ2v) is 9.18. The standard InChI is InChI=1S/C18H27N3O6S/c1-4-25-16-6-5-14(28(23,24)21(2)3)11-15(16)20-17(22)19-13-7-8-18(12-13)26-9-10-27-18/h5-6,11,13H,4,7-10,12H2,1-3H3,(H2,19,20,22)/t13-/m1/s1. The van der Waals surface area contributed by atoms with Crippen LogP contribution in [-0.2, 0) is 19.5 Å². The number of carbonyl (C=O) groups is 1. The molecule has 156 valence electrons. The number of carbonyl (C=O) groups excluding carboxylic acids is 1. The summed E-state index contributed by atoms with van der Waals surface area (Å²) in [6.07, 6.45) is 2.08. The van der Waals surface area contributed by atoms with E-state index in [-0.39, 0.29) is 10.9 Å². The summed E-state index contributed by atoms with van der Waals surface area (Å²) in [4.78, 5) is 12.6. The highest BCUT2D eigenvalue weighted by atomic mass is 32.2.